The lowest BCUT2D eigenvalue weighted by molar-refractivity contribution is -0.384. The molecular formula is C25H26N4O4S. The van der Waals surface area contributed by atoms with E-state index in [1.165, 1.54) is 12.1 Å². The Morgan fingerprint density at radius 3 is 2.56 bits per heavy atom. The van der Waals surface area contributed by atoms with Crippen molar-refractivity contribution in [3.63, 3.8) is 0 Å². The number of nitro groups is 1. The number of rotatable bonds is 9. The van der Waals surface area contributed by atoms with Crippen LogP contribution < -0.4 is 9.64 Å². The summed E-state index contributed by atoms with van der Waals surface area (Å²) in [5.41, 5.74) is 1.02. The maximum atomic E-state index is 11.6. The predicted octanol–water partition coefficient (Wildman–Crippen LogP) is 5.46. The normalized spacial score (nSPS) is 14.1. The number of piperidine rings is 1. The zero-order valence-electron chi connectivity index (χ0n) is 18.9. The van der Waals surface area contributed by atoms with Crippen molar-refractivity contribution in [3.8, 4) is 11.6 Å². The molecule has 0 spiro atoms. The molecular weight excluding hydrogens is 452 g/mol. The molecule has 0 aliphatic carbocycles. The highest BCUT2D eigenvalue weighted by Crippen LogP contribution is 2.35. The van der Waals surface area contributed by atoms with E-state index in [0.29, 0.717) is 48.6 Å². The van der Waals surface area contributed by atoms with E-state index in [4.69, 9.17) is 4.74 Å². The Labute approximate surface area is 202 Å². The summed E-state index contributed by atoms with van der Waals surface area (Å²) < 4.78 is 5.89. The minimum absolute atomic E-state index is 0.0252. The molecule has 9 heteroatoms. The zero-order chi connectivity index (χ0) is 23.9. The first-order valence-electron chi connectivity index (χ1n) is 11.2. The molecule has 0 unspecified atom stereocenters. The average Bonchev–Trinajstić information content (AvgIpc) is 2.84. The van der Waals surface area contributed by atoms with E-state index in [-0.39, 0.29) is 11.5 Å². The lowest BCUT2D eigenvalue weighted by Gasteiger charge is -2.32. The van der Waals surface area contributed by atoms with Gasteiger partial charge in [0.05, 0.1) is 9.95 Å². The molecule has 176 valence electrons. The summed E-state index contributed by atoms with van der Waals surface area (Å²) in [4.78, 5) is 33.3. The largest absolute Gasteiger partial charge is 0.439 e. The highest BCUT2D eigenvalue weighted by molar-refractivity contribution is 7.99. The molecule has 0 bridgehead atoms. The Balaban J connectivity index is 1.43. The summed E-state index contributed by atoms with van der Waals surface area (Å²) in [6.07, 6.45) is 4.74. The molecule has 1 aliphatic rings. The number of carbonyl (C=O) groups is 1. The van der Waals surface area contributed by atoms with Crippen molar-refractivity contribution in [1.82, 2.24) is 9.97 Å². The van der Waals surface area contributed by atoms with Crippen LogP contribution in [0.25, 0.3) is 0 Å². The van der Waals surface area contributed by atoms with Gasteiger partial charge in [-0.05, 0) is 56.0 Å². The number of anilines is 1. The molecule has 0 atom stereocenters. The Hall–Kier alpha value is -3.46. The number of nitrogens with zero attached hydrogens (tertiary/aromatic N) is 4. The maximum Gasteiger partial charge on any atom is 0.311 e. The van der Waals surface area contributed by atoms with Gasteiger partial charge in [-0.25, -0.2) is 4.98 Å². The quantitative estimate of drug-likeness (QED) is 0.295. The molecule has 1 fully saturated rings. The number of benzene rings is 1. The van der Waals surface area contributed by atoms with E-state index in [2.05, 4.69) is 9.97 Å². The van der Waals surface area contributed by atoms with Gasteiger partial charge in [0.15, 0.2) is 0 Å². The summed E-state index contributed by atoms with van der Waals surface area (Å²) >= 11 is 1.75. The van der Waals surface area contributed by atoms with Crippen molar-refractivity contribution in [1.29, 1.82) is 0 Å². The number of aryl methyl sites for hydroxylation is 1. The Bertz CT molecular complexity index is 1130. The second-order valence-electron chi connectivity index (χ2n) is 8.17. The van der Waals surface area contributed by atoms with Gasteiger partial charge in [0, 0.05) is 43.1 Å². The Morgan fingerprint density at radius 2 is 1.91 bits per heavy atom. The summed E-state index contributed by atoms with van der Waals surface area (Å²) in [6.45, 7) is 2.93. The Kier molecular flexibility index (Phi) is 7.74. The molecule has 2 aromatic heterocycles. The van der Waals surface area contributed by atoms with E-state index < -0.39 is 4.92 Å². The van der Waals surface area contributed by atoms with Crippen LogP contribution in [0.4, 0.5) is 11.5 Å². The van der Waals surface area contributed by atoms with Gasteiger partial charge in [-0.15, -0.1) is 11.8 Å². The number of pyridine rings is 2. The summed E-state index contributed by atoms with van der Waals surface area (Å²) in [5.74, 6) is 1.38. The number of hydrogen-bond acceptors (Lipinski definition) is 8. The van der Waals surface area contributed by atoms with Crippen LogP contribution in [-0.4, -0.2) is 39.0 Å². The van der Waals surface area contributed by atoms with Gasteiger partial charge in [-0.2, -0.15) is 4.98 Å². The molecule has 0 amide bonds. The second-order valence-corrected chi connectivity index (χ2v) is 9.49. The van der Waals surface area contributed by atoms with Crippen molar-refractivity contribution < 1.29 is 14.5 Å². The molecule has 3 aromatic rings. The van der Waals surface area contributed by atoms with Crippen molar-refractivity contribution in [2.24, 2.45) is 0 Å². The number of ketones is 1. The van der Waals surface area contributed by atoms with Crippen LogP contribution in [0.2, 0.25) is 0 Å². The predicted molar refractivity (Wildman–Crippen MR) is 132 cm³/mol. The van der Waals surface area contributed by atoms with Gasteiger partial charge >= 0.3 is 5.69 Å². The molecule has 34 heavy (non-hydrogen) atoms. The van der Waals surface area contributed by atoms with E-state index in [9.17, 15) is 14.9 Å². The van der Waals surface area contributed by atoms with Gasteiger partial charge in [-0.3, -0.25) is 10.1 Å². The van der Waals surface area contributed by atoms with Gasteiger partial charge in [0.1, 0.15) is 11.5 Å². The Morgan fingerprint density at radius 1 is 1.15 bits per heavy atom. The molecule has 8 nitrogen and oxygen atoms in total. The molecule has 1 aromatic carbocycles. The van der Waals surface area contributed by atoms with Gasteiger partial charge in [0.2, 0.25) is 11.7 Å². The number of ether oxygens (including phenoxy) is 1. The topological polar surface area (TPSA) is 98.5 Å². The molecule has 1 aliphatic heterocycles. The fourth-order valence-electron chi connectivity index (χ4n) is 3.79. The van der Waals surface area contributed by atoms with Gasteiger partial charge < -0.3 is 14.4 Å². The summed E-state index contributed by atoms with van der Waals surface area (Å²) in [5, 5.41) is 13.0. The first-order valence-corrected chi connectivity index (χ1v) is 12.1. The van der Waals surface area contributed by atoms with Crippen LogP contribution in [0.15, 0.2) is 65.8 Å². The highest BCUT2D eigenvalue weighted by Gasteiger charge is 2.27. The number of carbonyl (C=O) groups excluding carboxylic acids is 1. The van der Waals surface area contributed by atoms with Crippen molar-refractivity contribution in [3.05, 3.63) is 76.5 Å². The number of aromatic nitrogens is 2. The summed E-state index contributed by atoms with van der Waals surface area (Å²) in [6, 6.07) is 16.3. The van der Waals surface area contributed by atoms with Crippen LogP contribution in [0, 0.1) is 10.1 Å². The van der Waals surface area contributed by atoms with E-state index in [1.807, 2.05) is 47.4 Å². The molecule has 0 radical (unpaired) electrons. The fourth-order valence-corrected chi connectivity index (χ4v) is 4.86. The highest BCUT2D eigenvalue weighted by atomic mass is 32.2. The minimum atomic E-state index is -0.398. The smallest absolute Gasteiger partial charge is 0.311 e. The third kappa shape index (κ3) is 6.32. The standard InChI is InChI=1S/C25H26N4O4S/c1-18(30)5-6-19-7-9-20(10-8-19)33-23-12-11-22(29(31)32)25(27-23)28-16-13-21(14-17-28)34-24-4-2-3-15-26-24/h2-4,7-12,15,21H,5-6,13-14,16-17H2,1H3. The first-order chi connectivity index (χ1) is 16.5. The van der Waals surface area contributed by atoms with Crippen LogP contribution in [0.3, 0.4) is 0 Å². The molecule has 1 saturated heterocycles. The SMILES string of the molecule is CC(=O)CCc1ccc(Oc2ccc([N+](=O)[O-])c(N3CCC(Sc4ccccn4)CC3)n2)cc1. The average molecular weight is 479 g/mol. The molecule has 0 saturated carbocycles. The molecule has 4 rings (SSSR count). The molecule has 0 N–H and O–H groups in total. The number of Topliss-reactive ketones (excluding diaryl/α,β-unsaturated/α-hetero) is 1. The third-order valence-electron chi connectivity index (χ3n) is 5.60. The summed E-state index contributed by atoms with van der Waals surface area (Å²) in [7, 11) is 0. The minimum Gasteiger partial charge on any atom is -0.439 e. The first kappa shape index (κ1) is 23.7. The number of thioether (sulfide) groups is 1. The van der Waals surface area contributed by atoms with Crippen LogP contribution in [0.1, 0.15) is 31.7 Å². The fraction of sp³-hybridized carbons (Fsp3) is 0.320. The zero-order valence-corrected chi connectivity index (χ0v) is 19.7. The maximum absolute atomic E-state index is 11.6. The van der Waals surface area contributed by atoms with Gasteiger partial charge in [0.25, 0.3) is 0 Å². The molecule has 3 heterocycles. The van der Waals surface area contributed by atoms with Crippen molar-refractivity contribution >= 4 is 29.1 Å². The third-order valence-corrected chi connectivity index (χ3v) is 6.89. The van der Waals surface area contributed by atoms with Crippen LogP contribution in [-0.2, 0) is 11.2 Å². The number of hydrogen-bond donors (Lipinski definition) is 0. The van der Waals surface area contributed by atoms with E-state index in [0.717, 1.165) is 23.4 Å². The van der Waals surface area contributed by atoms with Crippen LogP contribution >= 0.6 is 11.8 Å². The second kappa shape index (κ2) is 11.1. The monoisotopic (exact) mass is 478 g/mol. The van der Waals surface area contributed by atoms with Crippen molar-refractivity contribution in [2.75, 3.05) is 18.0 Å². The lowest BCUT2D eigenvalue weighted by Crippen LogP contribution is -2.35. The van der Waals surface area contributed by atoms with E-state index in [1.54, 1.807) is 24.9 Å². The lowest BCUT2D eigenvalue weighted by atomic mass is 10.1. The van der Waals surface area contributed by atoms with E-state index >= 15 is 0 Å². The van der Waals surface area contributed by atoms with Crippen LogP contribution in [0.5, 0.6) is 11.6 Å². The van der Waals surface area contributed by atoms with Gasteiger partial charge in [-0.1, -0.05) is 18.2 Å². The van der Waals surface area contributed by atoms with Crippen molar-refractivity contribution in [2.45, 2.75) is 42.9 Å².